The van der Waals surface area contributed by atoms with Crippen LogP contribution in [-0.2, 0) is 9.59 Å². The van der Waals surface area contributed by atoms with Crippen molar-refractivity contribution in [3.05, 3.63) is 95.8 Å². The van der Waals surface area contributed by atoms with E-state index >= 15 is 0 Å². The molecular formula is C22H15FN2O3. The van der Waals surface area contributed by atoms with Crippen molar-refractivity contribution in [2.75, 3.05) is 5.01 Å². The summed E-state index contributed by atoms with van der Waals surface area (Å²) in [6.07, 6.45) is 1.41. The molecule has 1 N–H and O–H groups in total. The van der Waals surface area contributed by atoms with Crippen molar-refractivity contribution in [1.82, 2.24) is 5.43 Å². The van der Waals surface area contributed by atoms with E-state index in [-0.39, 0.29) is 11.3 Å². The van der Waals surface area contributed by atoms with Crippen molar-refractivity contribution in [1.29, 1.82) is 0 Å². The highest BCUT2D eigenvalue weighted by atomic mass is 19.1. The number of carbonyl (C=O) groups is 2. The molecule has 0 radical (unpaired) electrons. The van der Waals surface area contributed by atoms with E-state index in [4.69, 9.17) is 4.74 Å². The molecule has 6 heteroatoms. The molecule has 1 aliphatic rings. The van der Waals surface area contributed by atoms with Gasteiger partial charge in [-0.15, -0.1) is 0 Å². The first-order valence-corrected chi connectivity index (χ1v) is 8.56. The van der Waals surface area contributed by atoms with Crippen molar-refractivity contribution in [2.24, 2.45) is 0 Å². The summed E-state index contributed by atoms with van der Waals surface area (Å²) in [5.41, 5.74) is 3.51. The molecule has 0 spiro atoms. The van der Waals surface area contributed by atoms with E-state index in [0.717, 1.165) is 0 Å². The van der Waals surface area contributed by atoms with Crippen LogP contribution in [0.3, 0.4) is 0 Å². The summed E-state index contributed by atoms with van der Waals surface area (Å²) in [5.74, 6) is -1.06. The Kier molecular flexibility index (Phi) is 4.60. The number of benzene rings is 3. The maximum atomic E-state index is 14.1. The van der Waals surface area contributed by atoms with Crippen molar-refractivity contribution < 1.29 is 18.7 Å². The van der Waals surface area contributed by atoms with E-state index in [0.29, 0.717) is 17.0 Å². The number of halogens is 1. The average Bonchev–Trinajstić information content (AvgIpc) is 3.00. The maximum Gasteiger partial charge on any atom is 0.282 e. The third-order valence-corrected chi connectivity index (χ3v) is 4.14. The number of rotatable bonds is 4. The van der Waals surface area contributed by atoms with Crippen LogP contribution in [0.1, 0.15) is 5.56 Å². The number of ether oxygens (including phenoxy) is 1. The summed E-state index contributed by atoms with van der Waals surface area (Å²) >= 11 is 0. The summed E-state index contributed by atoms with van der Waals surface area (Å²) in [7, 11) is 0. The van der Waals surface area contributed by atoms with E-state index in [1.165, 1.54) is 29.3 Å². The second-order valence-corrected chi connectivity index (χ2v) is 6.08. The molecule has 0 aliphatic carbocycles. The quantitative estimate of drug-likeness (QED) is 0.553. The van der Waals surface area contributed by atoms with Crippen molar-refractivity contribution in [3.8, 4) is 11.5 Å². The van der Waals surface area contributed by atoms with Gasteiger partial charge in [0.25, 0.3) is 11.8 Å². The molecule has 0 unspecified atom stereocenters. The van der Waals surface area contributed by atoms with Gasteiger partial charge in [-0.3, -0.25) is 15.0 Å². The first-order valence-electron chi connectivity index (χ1n) is 8.56. The Balaban J connectivity index is 1.63. The minimum Gasteiger partial charge on any atom is -0.454 e. The molecule has 1 aliphatic heterocycles. The number of carbonyl (C=O) groups excluding carboxylic acids is 2. The lowest BCUT2D eigenvalue weighted by Gasteiger charge is -2.13. The zero-order valence-electron chi connectivity index (χ0n) is 14.6. The van der Waals surface area contributed by atoms with E-state index in [1.807, 2.05) is 12.1 Å². The Morgan fingerprint density at radius 2 is 1.57 bits per heavy atom. The largest absolute Gasteiger partial charge is 0.454 e. The highest BCUT2D eigenvalue weighted by molar-refractivity contribution is 6.31. The number of hydrogen-bond donors (Lipinski definition) is 1. The van der Waals surface area contributed by atoms with Crippen LogP contribution in [-0.4, -0.2) is 11.8 Å². The van der Waals surface area contributed by atoms with Gasteiger partial charge in [-0.2, -0.15) is 0 Å². The highest BCUT2D eigenvalue weighted by Crippen LogP contribution is 2.27. The number of hydrogen-bond acceptors (Lipinski definition) is 3. The van der Waals surface area contributed by atoms with E-state index in [9.17, 15) is 14.0 Å². The molecule has 2 amide bonds. The van der Waals surface area contributed by atoms with E-state index in [2.05, 4.69) is 5.43 Å². The number of nitrogens with zero attached hydrogens (tertiary/aromatic N) is 1. The number of amides is 2. The highest BCUT2D eigenvalue weighted by Gasteiger charge is 2.34. The molecule has 4 rings (SSSR count). The van der Waals surface area contributed by atoms with E-state index in [1.54, 1.807) is 48.5 Å². The fourth-order valence-corrected chi connectivity index (χ4v) is 2.79. The molecule has 0 atom stereocenters. The lowest BCUT2D eigenvalue weighted by atomic mass is 10.1. The summed E-state index contributed by atoms with van der Waals surface area (Å²) < 4.78 is 19.7. The van der Waals surface area contributed by atoms with Gasteiger partial charge in [-0.25, -0.2) is 9.40 Å². The summed E-state index contributed by atoms with van der Waals surface area (Å²) in [5, 5.41) is 1.18. The van der Waals surface area contributed by atoms with Crippen LogP contribution in [0.15, 0.2) is 84.4 Å². The zero-order chi connectivity index (χ0) is 19.5. The van der Waals surface area contributed by atoms with Gasteiger partial charge < -0.3 is 4.74 Å². The fourth-order valence-electron chi connectivity index (χ4n) is 2.79. The lowest BCUT2D eigenvalue weighted by molar-refractivity contribution is -0.117. The molecule has 1 fully saturated rings. The van der Waals surface area contributed by atoms with Gasteiger partial charge in [0.05, 0.1) is 5.69 Å². The maximum absolute atomic E-state index is 14.1. The Labute approximate surface area is 160 Å². The standard InChI is InChI=1S/C22H15FN2O3/c23-19-12-11-15(14-20(19)28-17-9-5-2-6-10-17)13-18-21(26)24-25(22(18)27)16-7-3-1-4-8-16/h1-14H,(H,24,26)/b18-13-. The average molecular weight is 374 g/mol. The fraction of sp³-hybridized carbons (Fsp3) is 0. The van der Waals surface area contributed by atoms with Gasteiger partial charge in [-0.1, -0.05) is 42.5 Å². The molecule has 0 saturated carbocycles. The third-order valence-electron chi connectivity index (χ3n) is 4.14. The SMILES string of the molecule is O=C1NN(c2ccccc2)C(=O)/C1=C\c1ccc(F)c(Oc2ccccc2)c1. The second-order valence-electron chi connectivity index (χ2n) is 6.08. The van der Waals surface area contributed by atoms with Gasteiger partial charge in [0, 0.05) is 0 Å². The van der Waals surface area contributed by atoms with Crippen molar-refractivity contribution >= 4 is 23.6 Å². The van der Waals surface area contributed by atoms with Gasteiger partial charge in [0.1, 0.15) is 11.3 Å². The van der Waals surface area contributed by atoms with Crippen LogP contribution < -0.4 is 15.2 Å². The Morgan fingerprint density at radius 3 is 2.29 bits per heavy atom. The van der Waals surface area contributed by atoms with Crippen molar-refractivity contribution in [3.63, 3.8) is 0 Å². The molecule has 28 heavy (non-hydrogen) atoms. The number of nitrogens with one attached hydrogen (secondary N) is 1. The van der Waals surface area contributed by atoms with Crippen LogP contribution in [0.4, 0.5) is 10.1 Å². The van der Waals surface area contributed by atoms with Crippen molar-refractivity contribution in [2.45, 2.75) is 0 Å². The smallest absolute Gasteiger partial charge is 0.282 e. The minimum absolute atomic E-state index is 0.00585. The van der Waals surface area contributed by atoms with Crippen LogP contribution in [0.25, 0.3) is 6.08 Å². The molecule has 138 valence electrons. The molecule has 1 heterocycles. The van der Waals surface area contributed by atoms with Gasteiger partial charge in [-0.05, 0) is 48.0 Å². The molecular weight excluding hydrogens is 359 g/mol. The molecule has 1 saturated heterocycles. The predicted octanol–water partition coefficient (Wildman–Crippen LogP) is 4.08. The second kappa shape index (κ2) is 7.36. The number of para-hydroxylation sites is 2. The van der Waals surface area contributed by atoms with Crippen LogP contribution in [0, 0.1) is 5.82 Å². The molecule has 0 aromatic heterocycles. The monoisotopic (exact) mass is 374 g/mol. The summed E-state index contributed by atoms with van der Waals surface area (Å²) in [6.45, 7) is 0. The normalized spacial score (nSPS) is 15.0. The Morgan fingerprint density at radius 1 is 0.893 bits per heavy atom. The van der Waals surface area contributed by atoms with Gasteiger partial charge >= 0.3 is 0 Å². The van der Waals surface area contributed by atoms with Gasteiger partial charge in [0.2, 0.25) is 0 Å². The molecule has 3 aromatic carbocycles. The summed E-state index contributed by atoms with van der Waals surface area (Å²) in [6, 6.07) is 21.7. The summed E-state index contributed by atoms with van der Waals surface area (Å²) in [4.78, 5) is 24.9. The lowest BCUT2D eigenvalue weighted by Crippen LogP contribution is -2.35. The van der Waals surface area contributed by atoms with Gasteiger partial charge in [0.15, 0.2) is 11.6 Å². The Bertz CT molecular complexity index is 1070. The van der Waals surface area contributed by atoms with E-state index < -0.39 is 17.6 Å². The number of anilines is 1. The van der Waals surface area contributed by atoms with Crippen LogP contribution in [0.2, 0.25) is 0 Å². The Hall–Kier alpha value is -3.93. The number of hydrazine groups is 1. The topological polar surface area (TPSA) is 58.6 Å². The van der Waals surface area contributed by atoms with Crippen LogP contribution in [0.5, 0.6) is 11.5 Å². The molecule has 5 nitrogen and oxygen atoms in total. The zero-order valence-corrected chi connectivity index (χ0v) is 14.6. The first-order chi connectivity index (χ1) is 13.6. The minimum atomic E-state index is -0.542. The molecule has 0 bridgehead atoms. The third kappa shape index (κ3) is 3.48. The predicted molar refractivity (Wildman–Crippen MR) is 103 cm³/mol. The van der Waals surface area contributed by atoms with Crippen LogP contribution >= 0.6 is 0 Å². The molecule has 3 aromatic rings. The first kappa shape index (κ1) is 17.5.